The van der Waals surface area contributed by atoms with Crippen LogP contribution in [0.15, 0.2) is 12.1 Å². The highest BCUT2D eigenvalue weighted by atomic mass is 14.2. The second-order valence-electron chi connectivity index (χ2n) is 22.8. The monoisotopic (exact) mass is 933 g/mol. The first-order valence-corrected chi connectivity index (χ1v) is 32.3. The van der Waals surface area contributed by atoms with Crippen LogP contribution in [0.25, 0.3) is 0 Å². The Kier molecular flexibility index (Phi) is 52.3. The highest BCUT2D eigenvalue weighted by molar-refractivity contribution is 5.39. The molecule has 0 saturated heterocycles. The van der Waals surface area contributed by atoms with Gasteiger partial charge in [0, 0.05) is 0 Å². The minimum absolute atomic E-state index is 1.32. The summed E-state index contributed by atoms with van der Waals surface area (Å²) in [5, 5.41) is 0. The third kappa shape index (κ3) is 46.1. The zero-order valence-electron chi connectivity index (χ0n) is 47.5. The fraction of sp³-hybridized carbons (Fsp3) is 0.910. The predicted molar refractivity (Wildman–Crippen MR) is 309 cm³/mol. The summed E-state index contributed by atoms with van der Waals surface area (Å²) in [7, 11) is 0. The molecule has 0 amide bonds. The van der Waals surface area contributed by atoms with Crippen molar-refractivity contribution in [1.82, 2.24) is 0 Å². The Hall–Kier alpha value is -0.780. The van der Waals surface area contributed by atoms with Crippen molar-refractivity contribution in [3.63, 3.8) is 0 Å². The van der Waals surface area contributed by atoms with Gasteiger partial charge in [0.2, 0.25) is 0 Å². The fourth-order valence-electron chi connectivity index (χ4n) is 11.4. The highest BCUT2D eigenvalue weighted by Crippen LogP contribution is 2.26. The maximum absolute atomic E-state index is 2.61. The lowest BCUT2D eigenvalue weighted by atomic mass is 9.88. The number of rotatable bonds is 57. The molecule has 0 nitrogen and oxygen atoms in total. The lowest BCUT2D eigenvalue weighted by molar-refractivity contribution is 0.523. The molecular formula is C67H128. The molecule has 0 atom stereocenters. The van der Waals surface area contributed by atoms with Gasteiger partial charge in [-0.15, -0.1) is 0 Å². The fourth-order valence-corrected chi connectivity index (χ4v) is 11.4. The van der Waals surface area contributed by atoms with Crippen molar-refractivity contribution in [1.29, 1.82) is 0 Å². The third-order valence-corrected chi connectivity index (χ3v) is 16.0. The average molecular weight is 934 g/mol. The minimum Gasteiger partial charge on any atom is -0.0654 e. The van der Waals surface area contributed by atoms with Crippen LogP contribution in [0, 0.1) is 6.92 Å². The van der Waals surface area contributed by atoms with Gasteiger partial charge in [0.1, 0.15) is 0 Å². The van der Waals surface area contributed by atoms with Gasteiger partial charge in [-0.3, -0.25) is 0 Å². The van der Waals surface area contributed by atoms with E-state index in [1.165, 1.54) is 372 Å². The molecule has 0 saturated carbocycles. The molecule has 396 valence electrons. The predicted octanol–water partition coefficient (Wildman–Crippen LogP) is 24.7. The summed E-state index contributed by atoms with van der Waals surface area (Å²) in [4.78, 5) is 0. The van der Waals surface area contributed by atoms with Crippen LogP contribution in [-0.4, -0.2) is 0 Å². The molecule has 0 bridgehead atoms. The van der Waals surface area contributed by atoms with Crippen molar-refractivity contribution in [2.24, 2.45) is 0 Å². The van der Waals surface area contributed by atoms with Gasteiger partial charge in [0.25, 0.3) is 0 Å². The Bertz CT molecular complexity index is 1000. The Balaban J connectivity index is 2.34. The summed E-state index contributed by atoms with van der Waals surface area (Å²) in [5.74, 6) is 0. The van der Waals surface area contributed by atoms with E-state index < -0.39 is 0 Å². The lowest BCUT2D eigenvalue weighted by Gasteiger charge is -2.17. The van der Waals surface area contributed by atoms with Crippen molar-refractivity contribution in [2.45, 2.75) is 394 Å². The lowest BCUT2D eigenvalue weighted by Crippen LogP contribution is -2.03. The molecule has 0 aromatic heterocycles. The second-order valence-corrected chi connectivity index (χ2v) is 22.8. The Morgan fingerprint density at radius 1 is 0.194 bits per heavy atom. The van der Waals surface area contributed by atoms with E-state index in [0.29, 0.717) is 0 Å². The van der Waals surface area contributed by atoms with E-state index in [1.807, 2.05) is 0 Å². The minimum atomic E-state index is 1.32. The maximum Gasteiger partial charge on any atom is -0.0273 e. The van der Waals surface area contributed by atoms with E-state index in [1.54, 1.807) is 16.7 Å². The van der Waals surface area contributed by atoms with Gasteiger partial charge in [-0.2, -0.15) is 0 Å². The summed E-state index contributed by atoms with van der Waals surface area (Å²) in [6, 6.07) is 5.22. The van der Waals surface area contributed by atoms with Gasteiger partial charge in [-0.05, 0) is 62.1 Å². The molecule has 0 fully saturated rings. The van der Waals surface area contributed by atoms with E-state index >= 15 is 0 Å². The molecule has 0 aliphatic heterocycles. The molecule has 1 aromatic rings. The van der Waals surface area contributed by atoms with Gasteiger partial charge >= 0.3 is 0 Å². The van der Waals surface area contributed by atoms with E-state index in [4.69, 9.17) is 0 Å². The van der Waals surface area contributed by atoms with Gasteiger partial charge in [-0.1, -0.05) is 366 Å². The molecular weight excluding hydrogens is 805 g/mol. The molecule has 67 heavy (non-hydrogen) atoms. The molecule has 0 N–H and O–H groups in total. The van der Waals surface area contributed by atoms with Gasteiger partial charge in [-0.25, -0.2) is 0 Å². The normalized spacial score (nSPS) is 11.7. The largest absolute Gasteiger partial charge is 0.0654 e. The third-order valence-electron chi connectivity index (χ3n) is 16.0. The van der Waals surface area contributed by atoms with Crippen molar-refractivity contribution < 1.29 is 0 Å². The van der Waals surface area contributed by atoms with Crippen LogP contribution in [0.4, 0.5) is 0 Å². The number of unbranched alkanes of at least 4 members (excludes halogenated alkanes) is 51. The first kappa shape index (κ1) is 64.2. The summed E-state index contributed by atoms with van der Waals surface area (Å²) >= 11 is 0. The van der Waals surface area contributed by atoms with Gasteiger partial charge < -0.3 is 0 Å². The molecule has 0 aliphatic rings. The SMILES string of the molecule is CCCCCCCCCCCCCCCCCCCCc1cc(C)cc(CCCCCCCCCCCCCCCCCCCC)c1CCCCCCCCCCCCCCCCCCCC. The molecule has 0 aliphatic carbocycles. The van der Waals surface area contributed by atoms with Crippen LogP contribution < -0.4 is 0 Å². The Morgan fingerprint density at radius 3 is 0.522 bits per heavy atom. The van der Waals surface area contributed by atoms with Crippen molar-refractivity contribution in [3.05, 3.63) is 34.4 Å². The van der Waals surface area contributed by atoms with E-state index in [-0.39, 0.29) is 0 Å². The van der Waals surface area contributed by atoms with Crippen molar-refractivity contribution >= 4 is 0 Å². The number of hydrogen-bond acceptors (Lipinski definition) is 0. The number of hydrogen-bond donors (Lipinski definition) is 0. The topological polar surface area (TPSA) is 0 Å². The highest BCUT2D eigenvalue weighted by Gasteiger charge is 2.11. The Labute approximate surface area is 426 Å². The number of aryl methyl sites for hydroxylation is 3. The second kappa shape index (κ2) is 54.6. The average Bonchev–Trinajstić information content (AvgIpc) is 3.33. The smallest absolute Gasteiger partial charge is 0.0273 e. The Morgan fingerprint density at radius 2 is 0.343 bits per heavy atom. The summed E-state index contributed by atoms with van der Waals surface area (Å²) in [5.41, 5.74) is 6.79. The zero-order valence-corrected chi connectivity index (χ0v) is 47.5. The van der Waals surface area contributed by atoms with Crippen LogP contribution in [0.2, 0.25) is 0 Å². The first-order valence-electron chi connectivity index (χ1n) is 32.3. The zero-order chi connectivity index (χ0) is 48.0. The first-order chi connectivity index (χ1) is 33.2. The molecule has 0 heterocycles. The van der Waals surface area contributed by atoms with Crippen molar-refractivity contribution in [3.8, 4) is 0 Å². The van der Waals surface area contributed by atoms with Crippen LogP contribution in [-0.2, 0) is 19.3 Å². The van der Waals surface area contributed by atoms with Crippen LogP contribution in [0.5, 0.6) is 0 Å². The molecule has 0 unspecified atom stereocenters. The molecule has 0 heteroatoms. The standard InChI is InChI=1S/C67H128/c1-5-8-11-14-17-20-23-26-29-32-35-38-41-44-47-50-53-56-59-65-62-64(4)63-66(60-57-54-51-48-45-42-39-36-33-30-27-24-21-18-15-12-9-6-2)67(65)61-58-55-52-49-46-43-40-37-34-31-28-25-22-19-16-13-10-7-3/h62-63H,5-61H2,1-4H3. The van der Waals surface area contributed by atoms with Crippen LogP contribution in [0.1, 0.15) is 390 Å². The molecule has 1 rings (SSSR count). The van der Waals surface area contributed by atoms with Crippen LogP contribution >= 0.6 is 0 Å². The molecule has 1 aromatic carbocycles. The summed E-state index contributed by atoms with van der Waals surface area (Å²) < 4.78 is 0. The van der Waals surface area contributed by atoms with Gasteiger partial charge in [0.05, 0.1) is 0 Å². The summed E-state index contributed by atoms with van der Waals surface area (Å²) in [6.07, 6.45) is 82.8. The quantitative estimate of drug-likeness (QED) is 0.0571. The maximum atomic E-state index is 2.61. The molecule has 0 spiro atoms. The summed E-state index contributed by atoms with van der Waals surface area (Å²) in [6.45, 7) is 9.35. The number of benzene rings is 1. The van der Waals surface area contributed by atoms with Crippen molar-refractivity contribution in [2.75, 3.05) is 0 Å². The van der Waals surface area contributed by atoms with Gasteiger partial charge in [0.15, 0.2) is 0 Å². The molecule has 0 radical (unpaired) electrons. The van der Waals surface area contributed by atoms with E-state index in [2.05, 4.69) is 39.8 Å². The van der Waals surface area contributed by atoms with E-state index in [0.717, 1.165) is 0 Å². The van der Waals surface area contributed by atoms with E-state index in [9.17, 15) is 0 Å². The van der Waals surface area contributed by atoms with Crippen LogP contribution in [0.3, 0.4) is 0 Å².